The first-order valence-electron chi connectivity index (χ1n) is 6.83. The number of amides is 1. The minimum absolute atomic E-state index is 0.344. The van der Waals surface area contributed by atoms with Crippen LogP contribution in [0.5, 0.6) is 0 Å². The molecule has 0 aliphatic heterocycles. The summed E-state index contributed by atoms with van der Waals surface area (Å²) < 4.78 is 4.81. The number of anilines is 3. The van der Waals surface area contributed by atoms with Crippen molar-refractivity contribution in [2.45, 2.75) is 20.3 Å². The molecule has 1 aromatic carbocycles. The highest BCUT2D eigenvalue weighted by atomic mass is 16.5. The van der Waals surface area contributed by atoms with Crippen molar-refractivity contribution in [3.8, 4) is 0 Å². The first kappa shape index (κ1) is 14.8. The number of rotatable bonds is 5. The van der Waals surface area contributed by atoms with E-state index in [1.54, 1.807) is 31.5 Å². The van der Waals surface area contributed by atoms with E-state index in [-0.39, 0.29) is 0 Å². The molecular formula is C15H18N4O2. The maximum atomic E-state index is 11.3. The third-order valence-electron chi connectivity index (χ3n) is 2.78. The molecule has 6 nitrogen and oxygen atoms in total. The zero-order valence-corrected chi connectivity index (χ0v) is 12.1. The Morgan fingerprint density at radius 3 is 2.29 bits per heavy atom. The lowest BCUT2D eigenvalue weighted by molar-refractivity contribution is 0.168. The van der Waals surface area contributed by atoms with Gasteiger partial charge in [-0.15, -0.1) is 0 Å². The molecule has 0 saturated heterocycles. The number of carbonyl (C=O) groups excluding carboxylic acids is 1. The van der Waals surface area contributed by atoms with Gasteiger partial charge < -0.3 is 10.1 Å². The standard InChI is InChI=1S/C15H18N4O2/c1-3-11-9-16-14(17-10-11)18-12-5-7-13(8-6-12)19-15(20)21-4-2/h5-10H,3-4H2,1-2H3,(H,19,20)(H,16,17,18). The highest BCUT2D eigenvalue weighted by Crippen LogP contribution is 2.16. The van der Waals surface area contributed by atoms with Crippen LogP contribution in [0.2, 0.25) is 0 Å². The van der Waals surface area contributed by atoms with E-state index in [1.165, 1.54) is 0 Å². The van der Waals surface area contributed by atoms with Crippen molar-refractivity contribution in [1.82, 2.24) is 9.97 Å². The number of nitrogens with one attached hydrogen (secondary N) is 2. The molecule has 21 heavy (non-hydrogen) atoms. The third kappa shape index (κ3) is 4.45. The van der Waals surface area contributed by atoms with Crippen LogP contribution in [0.15, 0.2) is 36.7 Å². The van der Waals surface area contributed by atoms with Crippen LogP contribution < -0.4 is 10.6 Å². The number of aromatic nitrogens is 2. The van der Waals surface area contributed by atoms with Crippen molar-refractivity contribution >= 4 is 23.4 Å². The maximum absolute atomic E-state index is 11.3. The molecule has 0 aliphatic carbocycles. The van der Waals surface area contributed by atoms with Gasteiger partial charge in [0.25, 0.3) is 0 Å². The van der Waals surface area contributed by atoms with Gasteiger partial charge in [0, 0.05) is 23.8 Å². The average Bonchev–Trinajstić information content (AvgIpc) is 2.50. The van der Waals surface area contributed by atoms with Gasteiger partial charge in [-0.2, -0.15) is 0 Å². The van der Waals surface area contributed by atoms with Crippen molar-refractivity contribution in [1.29, 1.82) is 0 Å². The van der Waals surface area contributed by atoms with Gasteiger partial charge in [0.15, 0.2) is 0 Å². The Balaban J connectivity index is 1.96. The van der Waals surface area contributed by atoms with Crippen LogP contribution in [-0.4, -0.2) is 22.7 Å². The van der Waals surface area contributed by atoms with E-state index in [0.717, 1.165) is 17.7 Å². The molecule has 0 spiro atoms. The van der Waals surface area contributed by atoms with Crippen LogP contribution in [0.4, 0.5) is 22.1 Å². The first-order valence-corrected chi connectivity index (χ1v) is 6.83. The molecule has 0 unspecified atom stereocenters. The second kappa shape index (κ2) is 7.23. The summed E-state index contributed by atoms with van der Waals surface area (Å²) >= 11 is 0. The van der Waals surface area contributed by atoms with Crippen LogP contribution in [0, 0.1) is 0 Å². The van der Waals surface area contributed by atoms with Crippen LogP contribution >= 0.6 is 0 Å². The van der Waals surface area contributed by atoms with Gasteiger partial charge in [-0.1, -0.05) is 6.92 Å². The fraction of sp³-hybridized carbons (Fsp3) is 0.267. The van der Waals surface area contributed by atoms with Gasteiger partial charge in [0.05, 0.1) is 6.61 Å². The summed E-state index contributed by atoms with van der Waals surface area (Å²) in [5, 5.41) is 5.72. The van der Waals surface area contributed by atoms with Gasteiger partial charge >= 0.3 is 6.09 Å². The number of nitrogens with zero attached hydrogens (tertiary/aromatic N) is 2. The van der Waals surface area contributed by atoms with Crippen LogP contribution in [-0.2, 0) is 11.2 Å². The molecule has 6 heteroatoms. The number of hydrogen-bond donors (Lipinski definition) is 2. The van der Waals surface area contributed by atoms with E-state index in [0.29, 0.717) is 18.2 Å². The van der Waals surface area contributed by atoms with E-state index in [9.17, 15) is 4.79 Å². The highest BCUT2D eigenvalue weighted by molar-refractivity contribution is 5.84. The maximum Gasteiger partial charge on any atom is 0.411 e. The summed E-state index contributed by atoms with van der Waals surface area (Å²) in [7, 11) is 0. The largest absolute Gasteiger partial charge is 0.450 e. The topological polar surface area (TPSA) is 76.1 Å². The summed E-state index contributed by atoms with van der Waals surface area (Å²) in [5.74, 6) is 0.540. The Morgan fingerprint density at radius 1 is 1.10 bits per heavy atom. The SMILES string of the molecule is CCOC(=O)Nc1ccc(Nc2ncc(CC)cn2)cc1. The Morgan fingerprint density at radius 2 is 1.71 bits per heavy atom. The zero-order valence-electron chi connectivity index (χ0n) is 12.1. The smallest absolute Gasteiger partial charge is 0.411 e. The molecule has 2 N–H and O–H groups in total. The molecule has 0 fully saturated rings. The number of hydrogen-bond acceptors (Lipinski definition) is 5. The lowest BCUT2D eigenvalue weighted by atomic mass is 10.3. The Kier molecular flexibility index (Phi) is 5.09. The molecule has 1 aromatic heterocycles. The molecule has 0 bridgehead atoms. The number of benzene rings is 1. The van der Waals surface area contributed by atoms with Gasteiger partial charge in [0.1, 0.15) is 0 Å². The van der Waals surface area contributed by atoms with E-state index in [1.807, 2.05) is 12.1 Å². The van der Waals surface area contributed by atoms with Gasteiger partial charge in [-0.3, -0.25) is 5.32 Å². The predicted octanol–water partition coefficient (Wildman–Crippen LogP) is 3.35. The Hall–Kier alpha value is -2.63. The van der Waals surface area contributed by atoms with Crippen molar-refractivity contribution in [3.63, 3.8) is 0 Å². The molecule has 0 saturated carbocycles. The predicted molar refractivity (Wildman–Crippen MR) is 81.8 cm³/mol. The quantitative estimate of drug-likeness (QED) is 0.881. The van der Waals surface area contributed by atoms with Crippen LogP contribution in [0.1, 0.15) is 19.4 Å². The van der Waals surface area contributed by atoms with E-state index in [4.69, 9.17) is 4.74 Å². The van der Waals surface area contributed by atoms with Gasteiger partial charge in [-0.05, 0) is 43.2 Å². The Labute approximate surface area is 123 Å². The first-order chi connectivity index (χ1) is 10.2. The zero-order chi connectivity index (χ0) is 15.1. The van der Waals surface area contributed by atoms with Crippen molar-refractivity contribution in [3.05, 3.63) is 42.2 Å². The fourth-order valence-electron chi connectivity index (χ4n) is 1.65. The highest BCUT2D eigenvalue weighted by Gasteiger charge is 2.02. The van der Waals surface area contributed by atoms with Crippen LogP contribution in [0.3, 0.4) is 0 Å². The summed E-state index contributed by atoms with van der Waals surface area (Å²) in [4.78, 5) is 19.7. The number of aryl methyl sites for hydroxylation is 1. The minimum atomic E-state index is -0.461. The van der Waals surface area contributed by atoms with E-state index >= 15 is 0 Å². The van der Waals surface area contributed by atoms with Crippen LogP contribution in [0.25, 0.3) is 0 Å². The summed E-state index contributed by atoms with van der Waals surface area (Å²) in [6.45, 7) is 4.16. The number of ether oxygens (including phenoxy) is 1. The third-order valence-corrected chi connectivity index (χ3v) is 2.78. The van der Waals surface area contributed by atoms with E-state index < -0.39 is 6.09 Å². The average molecular weight is 286 g/mol. The molecule has 2 rings (SSSR count). The second-order valence-electron chi connectivity index (χ2n) is 4.32. The molecule has 0 radical (unpaired) electrons. The summed E-state index contributed by atoms with van der Waals surface area (Å²) in [5.41, 5.74) is 2.60. The number of carbonyl (C=O) groups is 1. The lowest BCUT2D eigenvalue weighted by Crippen LogP contribution is -2.13. The summed E-state index contributed by atoms with van der Waals surface area (Å²) in [6.07, 6.45) is 4.05. The van der Waals surface area contributed by atoms with E-state index in [2.05, 4.69) is 27.5 Å². The summed E-state index contributed by atoms with van der Waals surface area (Å²) in [6, 6.07) is 7.22. The molecule has 0 aliphatic rings. The van der Waals surface area contributed by atoms with Crippen molar-refractivity contribution < 1.29 is 9.53 Å². The van der Waals surface area contributed by atoms with Crippen molar-refractivity contribution in [2.75, 3.05) is 17.2 Å². The molecule has 2 aromatic rings. The lowest BCUT2D eigenvalue weighted by Gasteiger charge is -2.07. The van der Waals surface area contributed by atoms with Gasteiger partial charge in [0.2, 0.25) is 5.95 Å². The van der Waals surface area contributed by atoms with Gasteiger partial charge in [-0.25, -0.2) is 14.8 Å². The monoisotopic (exact) mass is 286 g/mol. The molecule has 0 atom stereocenters. The Bertz CT molecular complexity index is 582. The minimum Gasteiger partial charge on any atom is -0.450 e. The molecular weight excluding hydrogens is 268 g/mol. The second-order valence-corrected chi connectivity index (χ2v) is 4.32. The molecule has 1 heterocycles. The molecule has 110 valence electrons. The molecule has 1 amide bonds. The van der Waals surface area contributed by atoms with Crippen molar-refractivity contribution in [2.24, 2.45) is 0 Å². The fourth-order valence-corrected chi connectivity index (χ4v) is 1.65. The normalized spacial score (nSPS) is 10.0.